The second-order valence-electron chi connectivity index (χ2n) is 7.80. The Morgan fingerprint density at radius 3 is 2.58 bits per heavy atom. The molecular formula is C22H22F3N7O. The molecule has 33 heavy (non-hydrogen) atoms. The van der Waals surface area contributed by atoms with Crippen LogP contribution in [0.5, 0.6) is 0 Å². The normalized spacial score (nSPS) is 19.6. The number of hydrogen-bond acceptors (Lipinski definition) is 7. The average Bonchev–Trinajstić information content (AvgIpc) is 2.78. The monoisotopic (exact) mass is 457 g/mol. The quantitative estimate of drug-likeness (QED) is 0.446. The Morgan fingerprint density at radius 2 is 1.88 bits per heavy atom. The minimum absolute atomic E-state index is 0.0924. The maximum Gasteiger partial charge on any atom is 0.269 e. The van der Waals surface area contributed by atoms with E-state index in [1.165, 1.54) is 0 Å². The highest BCUT2D eigenvalue weighted by molar-refractivity contribution is 5.98. The van der Waals surface area contributed by atoms with Crippen molar-refractivity contribution in [2.24, 2.45) is 11.5 Å². The van der Waals surface area contributed by atoms with Crippen molar-refractivity contribution in [3.05, 3.63) is 60.2 Å². The van der Waals surface area contributed by atoms with E-state index < -0.39 is 35.5 Å². The predicted molar refractivity (Wildman–Crippen MR) is 118 cm³/mol. The van der Waals surface area contributed by atoms with Crippen molar-refractivity contribution < 1.29 is 18.0 Å². The van der Waals surface area contributed by atoms with Crippen molar-refractivity contribution in [1.82, 2.24) is 15.0 Å². The van der Waals surface area contributed by atoms with E-state index in [2.05, 4.69) is 25.6 Å². The largest absolute Gasteiger partial charge is 0.365 e. The van der Waals surface area contributed by atoms with Gasteiger partial charge in [-0.2, -0.15) is 0 Å². The lowest BCUT2D eigenvalue weighted by atomic mass is 9.87. The minimum Gasteiger partial charge on any atom is -0.365 e. The van der Waals surface area contributed by atoms with Gasteiger partial charge >= 0.3 is 0 Å². The molecule has 1 fully saturated rings. The van der Waals surface area contributed by atoms with Crippen LogP contribution < -0.4 is 22.1 Å². The Labute approximate surface area is 187 Å². The van der Waals surface area contributed by atoms with Gasteiger partial charge in [0.15, 0.2) is 17.5 Å². The fourth-order valence-corrected chi connectivity index (χ4v) is 3.76. The third-order valence-corrected chi connectivity index (χ3v) is 5.41. The molecule has 1 aliphatic rings. The lowest BCUT2D eigenvalue weighted by Crippen LogP contribution is -2.55. The number of amides is 1. The molecule has 2 aromatic heterocycles. The van der Waals surface area contributed by atoms with E-state index in [1.54, 1.807) is 42.7 Å². The van der Waals surface area contributed by atoms with E-state index in [0.717, 1.165) is 6.07 Å². The number of halogens is 3. The maximum absolute atomic E-state index is 14.7. The van der Waals surface area contributed by atoms with Crippen LogP contribution in [0, 0.1) is 5.82 Å². The van der Waals surface area contributed by atoms with Crippen molar-refractivity contribution in [2.45, 2.75) is 37.3 Å². The van der Waals surface area contributed by atoms with Gasteiger partial charge in [0.25, 0.3) is 11.8 Å². The number of hydrogen-bond donors (Lipinski definition) is 4. The van der Waals surface area contributed by atoms with E-state index in [1.807, 2.05) is 0 Å². The highest BCUT2D eigenvalue weighted by atomic mass is 19.3. The number of anilines is 3. The van der Waals surface area contributed by atoms with Crippen LogP contribution in [-0.2, 0) is 0 Å². The summed E-state index contributed by atoms with van der Waals surface area (Å²) in [7, 11) is 0. The Balaban J connectivity index is 1.67. The summed E-state index contributed by atoms with van der Waals surface area (Å²) in [6.07, 6.45) is 3.47. The van der Waals surface area contributed by atoms with Crippen LogP contribution >= 0.6 is 0 Å². The number of nitrogens with two attached hydrogens (primary N) is 2. The molecule has 0 unspecified atom stereocenters. The number of carbonyl (C=O) groups excluding carboxylic acids is 1. The molecular weight excluding hydrogens is 435 g/mol. The van der Waals surface area contributed by atoms with Gasteiger partial charge in [-0.15, -0.1) is 0 Å². The summed E-state index contributed by atoms with van der Waals surface area (Å²) in [5.74, 6) is -5.13. The van der Waals surface area contributed by atoms with Gasteiger partial charge in [0.05, 0.1) is 5.56 Å². The summed E-state index contributed by atoms with van der Waals surface area (Å²) in [5, 5.41) is 5.35. The van der Waals surface area contributed by atoms with Crippen LogP contribution in [0.4, 0.5) is 30.5 Å². The zero-order valence-electron chi connectivity index (χ0n) is 17.4. The Kier molecular flexibility index (Phi) is 6.14. The van der Waals surface area contributed by atoms with Gasteiger partial charge in [0.1, 0.15) is 11.9 Å². The number of nitrogens with one attached hydrogen (secondary N) is 2. The van der Waals surface area contributed by atoms with Gasteiger partial charge in [-0.05, 0) is 37.1 Å². The molecule has 1 aliphatic carbocycles. The maximum atomic E-state index is 14.7. The highest BCUT2D eigenvalue weighted by Crippen LogP contribution is 2.35. The Hall–Kier alpha value is -3.73. The molecule has 0 aliphatic heterocycles. The van der Waals surface area contributed by atoms with Gasteiger partial charge < -0.3 is 22.1 Å². The van der Waals surface area contributed by atoms with E-state index in [9.17, 15) is 18.0 Å². The number of primary amides is 1. The van der Waals surface area contributed by atoms with Gasteiger partial charge in [-0.1, -0.05) is 12.1 Å². The van der Waals surface area contributed by atoms with Crippen molar-refractivity contribution >= 4 is 23.2 Å². The third-order valence-electron chi connectivity index (χ3n) is 5.41. The summed E-state index contributed by atoms with van der Waals surface area (Å²) in [6, 6.07) is 7.04. The number of aromatic nitrogens is 3. The smallest absolute Gasteiger partial charge is 0.269 e. The van der Waals surface area contributed by atoms with E-state index in [0.29, 0.717) is 23.5 Å². The van der Waals surface area contributed by atoms with Crippen LogP contribution in [0.3, 0.4) is 0 Å². The minimum atomic E-state index is -3.13. The molecule has 3 aromatic rings. The van der Waals surface area contributed by atoms with E-state index >= 15 is 0 Å². The van der Waals surface area contributed by atoms with Gasteiger partial charge in [-0.25, -0.2) is 28.1 Å². The van der Waals surface area contributed by atoms with Gasteiger partial charge in [-0.3, -0.25) is 4.79 Å². The lowest BCUT2D eigenvalue weighted by molar-refractivity contribution is -0.0512. The first-order valence-electron chi connectivity index (χ1n) is 10.3. The van der Waals surface area contributed by atoms with Crippen molar-refractivity contribution in [2.75, 3.05) is 10.6 Å². The number of nitrogens with zero attached hydrogens (tertiary/aromatic N) is 3. The molecule has 4 rings (SSSR count). The molecule has 1 saturated carbocycles. The molecule has 2 atom stereocenters. The summed E-state index contributed by atoms with van der Waals surface area (Å²) in [4.78, 5) is 24.3. The number of rotatable bonds is 6. The van der Waals surface area contributed by atoms with Crippen LogP contribution in [0.15, 0.2) is 48.8 Å². The first-order chi connectivity index (χ1) is 15.7. The molecule has 172 valence electrons. The number of alkyl halides is 2. The SMILES string of the molecule is NC(=O)c1cc(F)c(N[C@H]2[C@@H](N)CCCC2(F)F)nc1Nc1cccc(-c2ncccn2)c1. The summed E-state index contributed by atoms with van der Waals surface area (Å²) in [5.41, 5.74) is 12.2. The lowest BCUT2D eigenvalue weighted by Gasteiger charge is -2.36. The zero-order valence-corrected chi connectivity index (χ0v) is 17.4. The standard InChI is InChI=1S/C22H22F3N7O/c23-15-11-14(18(27)33)20(32-21(15)31-17-16(26)6-2-7-22(17,24)25)30-13-5-1-4-12(10-13)19-28-8-3-9-29-19/h1,3-5,8-11,16-17H,2,6-7,26H2,(H2,27,33)(H2,30,31,32)/t16-,17-/m0/s1. The van der Waals surface area contributed by atoms with Gasteiger partial charge in [0.2, 0.25) is 0 Å². The topological polar surface area (TPSA) is 132 Å². The molecule has 0 spiro atoms. The molecule has 0 bridgehead atoms. The molecule has 1 aromatic carbocycles. The second kappa shape index (κ2) is 9.02. The fraction of sp³-hybridized carbons (Fsp3) is 0.273. The molecule has 1 amide bonds. The summed E-state index contributed by atoms with van der Waals surface area (Å²) < 4.78 is 43.5. The first-order valence-corrected chi connectivity index (χ1v) is 10.3. The van der Waals surface area contributed by atoms with Crippen molar-refractivity contribution in [1.29, 1.82) is 0 Å². The van der Waals surface area contributed by atoms with Crippen LogP contribution in [0.1, 0.15) is 29.6 Å². The van der Waals surface area contributed by atoms with Crippen LogP contribution in [0.2, 0.25) is 0 Å². The highest BCUT2D eigenvalue weighted by Gasteiger charge is 2.46. The number of pyridine rings is 1. The van der Waals surface area contributed by atoms with Crippen molar-refractivity contribution in [3.63, 3.8) is 0 Å². The molecule has 2 heterocycles. The number of benzene rings is 1. The summed E-state index contributed by atoms with van der Waals surface area (Å²) >= 11 is 0. The molecule has 0 radical (unpaired) electrons. The average molecular weight is 457 g/mol. The Morgan fingerprint density at radius 1 is 1.12 bits per heavy atom. The van der Waals surface area contributed by atoms with Crippen molar-refractivity contribution in [3.8, 4) is 11.4 Å². The number of carbonyl (C=O) groups is 1. The second-order valence-corrected chi connectivity index (χ2v) is 7.80. The van der Waals surface area contributed by atoms with Crippen LogP contribution in [0.25, 0.3) is 11.4 Å². The van der Waals surface area contributed by atoms with E-state index in [4.69, 9.17) is 11.5 Å². The molecule has 0 saturated heterocycles. The van der Waals surface area contributed by atoms with Gasteiger partial charge in [0, 0.05) is 36.1 Å². The molecule has 6 N–H and O–H groups in total. The molecule has 8 nitrogen and oxygen atoms in total. The third kappa shape index (κ3) is 4.87. The van der Waals surface area contributed by atoms with E-state index in [-0.39, 0.29) is 24.2 Å². The summed E-state index contributed by atoms with van der Waals surface area (Å²) in [6.45, 7) is 0. The Bertz CT molecular complexity index is 1160. The zero-order chi connectivity index (χ0) is 23.6. The van der Waals surface area contributed by atoms with Crippen LogP contribution in [-0.4, -0.2) is 38.9 Å². The predicted octanol–water partition coefficient (Wildman–Crippen LogP) is 3.45. The first kappa shape index (κ1) is 22.5. The fourth-order valence-electron chi connectivity index (χ4n) is 3.76. The molecule has 11 heteroatoms.